The van der Waals surface area contributed by atoms with E-state index in [1.807, 2.05) is 18.2 Å². The Hall–Kier alpha value is -1.59. The first-order valence-electron chi connectivity index (χ1n) is 8.09. The summed E-state index contributed by atoms with van der Waals surface area (Å²) in [4.78, 5) is 13.8. The molecule has 0 saturated carbocycles. The van der Waals surface area contributed by atoms with Crippen molar-refractivity contribution in [1.29, 1.82) is 0 Å². The number of aliphatic hydroxyl groups excluding tert-OH is 1. The molecule has 1 aromatic carbocycles. The smallest absolute Gasteiger partial charge is 0.262 e. The summed E-state index contributed by atoms with van der Waals surface area (Å²) in [6.07, 6.45) is 2.70. The van der Waals surface area contributed by atoms with E-state index in [0.29, 0.717) is 17.9 Å². The monoisotopic (exact) mass is 304 g/mol. The van der Waals surface area contributed by atoms with Crippen LogP contribution in [0.25, 0.3) is 0 Å². The number of amides is 1. The zero-order valence-electron chi connectivity index (χ0n) is 13.0. The number of hydrogen-bond acceptors (Lipinski definition) is 4. The van der Waals surface area contributed by atoms with Crippen LogP contribution in [0.5, 0.6) is 5.75 Å². The molecule has 2 aliphatic heterocycles. The Labute approximate surface area is 131 Å². The Morgan fingerprint density at radius 1 is 1.41 bits per heavy atom. The number of fused-ring (bicyclic) bond motifs is 1. The fraction of sp³-hybridized carbons (Fsp3) is 0.588. The van der Waals surface area contributed by atoms with Crippen molar-refractivity contribution >= 4 is 11.6 Å². The number of ether oxygens (including phenoxy) is 1. The Morgan fingerprint density at radius 3 is 2.95 bits per heavy atom. The number of piperidine rings is 1. The Kier molecular flexibility index (Phi) is 4.64. The molecule has 1 saturated heterocycles. The summed E-state index contributed by atoms with van der Waals surface area (Å²) < 4.78 is 5.33. The van der Waals surface area contributed by atoms with Crippen molar-refractivity contribution in [1.82, 2.24) is 4.90 Å². The van der Waals surface area contributed by atoms with E-state index in [1.54, 1.807) is 0 Å². The highest BCUT2D eigenvalue weighted by atomic mass is 16.5. The van der Waals surface area contributed by atoms with E-state index in [4.69, 9.17) is 4.74 Å². The molecule has 0 spiro atoms. The zero-order valence-corrected chi connectivity index (χ0v) is 13.0. The molecule has 5 heteroatoms. The molecule has 3 rings (SSSR count). The van der Waals surface area contributed by atoms with Gasteiger partial charge in [-0.2, -0.15) is 0 Å². The van der Waals surface area contributed by atoms with Crippen LogP contribution < -0.4 is 10.1 Å². The summed E-state index contributed by atoms with van der Waals surface area (Å²) in [5.41, 5.74) is 1.48. The number of likely N-dealkylation sites (tertiary alicyclic amines) is 1. The molecular weight excluding hydrogens is 280 g/mol. The summed E-state index contributed by atoms with van der Waals surface area (Å²) in [6.45, 7) is 5.52. The molecule has 2 heterocycles. The average molecular weight is 304 g/mol. The van der Waals surface area contributed by atoms with Crippen LogP contribution in [0.3, 0.4) is 0 Å². The second kappa shape index (κ2) is 6.67. The standard InChI is InChI=1S/C17H24N2O3/c1-12-4-7-19(8-5-12)9-6-15(20)13-2-3-16-14(10-13)18-17(21)11-22-16/h2-3,10,12,15,20H,4-9,11H2,1H3,(H,18,21). The second-order valence-electron chi connectivity index (χ2n) is 6.42. The summed E-state index contributed by atoms with van der Waals surface area (Å²) >= 11 is 0. The van der Waals surface area contributed by atoms with Gasteiger partial charge in [0.1, 0.15) is 5.75 Å². The molecule has 2 aliphatic rings. The predicted octanol–water partition coefficient (Wildman–Crippen LogP) is 2.17. The highest BCUT2D eigenvalue weighted by molar-refractivity contribution is 5.95. The molecule has 1 atom stereocenters. The maximum atomic E-state index is 11.4. The lowest BCUT2D eigenvalue weighted by Gasteiger charge is -2.30. The number of anilines is 1. The first-order chi connectivity index (χ1) is 10.6. The Balaban J connectivity index is 1.57. The molecule has 1 aromatic rings. The number of rotatable bonds is 4. The van der Waals surface area contributed by atoms with Crippen LogP contribution in [0, 0.1) is 5.92 Å². The lowest BCUT2D eigenvalue weighted by Crippen LogP contribution is -2.34. The van der Waals surface area contributed by atoms with E-state index >= 15 is 0 Å². The number of nitrogens with one attached hydrogen (secondary N) is 1. The van der Waals surface area contributed by atoms with Gasteiger partial charge in [-0.15, -0.1) is 0 Å². The lowest BCUT2D eigenvalue weighted by molar-refractivity contribution is -0.118. The minimum atomic E-state index is -0.511. The van der Waals surface area contributed by atoms with E-state index < -0.39 is 6.10 Å². The first kappa shape index (κ1) is 15.3. The zero-order chi connectivity index (χ0) is 15.5. The molecule has 0 bridgehead atoms. The Morgan fingerprint density at radius 2 is 2.18 bits per heavy atom. The van der Waals surface area contributed by atoms with E-state index in [2.05, 4.69) is 17.1 Å². The number of aliphatic hydroxyl groups is 1. The minimum Gasteiger partial charge on any atom is -0.482 e. The number of nitrogens with zero attached hydrogens (tertiary/aromatic N) is 1. The van der Waals surface area contributed by atoms with Gasteiger partial charge >= 0.3 is 0 Å². The van der Waals surface area contributed by atoms with Gasteiger partial charge in [0.05, 0.1) is 11.8 Å². The van der Waals surface area contributed by atoms with Gasteiger partial charge in [0.15, 0.2) is 6.61 Å². The predicted molar refractivity (Wildman–Crippen MR) is 85.0 cm³/mol. The van der Waals surface area contributed by atoms with Crippen molar-refractivity contribution in [3.63, 3.8) is 0 Å². The number of carbonyl (C=O) groups is 1. The summed E-state index contributed by atoms with van der Waals surface area (Å²) in [7, 11) is 0. The molecule has 1 unspecified atom stereocenters. The van der Waals surface area contributed by atoms with Crippen molar-refractivity contribution in [3.05, 3.63) is 23.8 Å². The van der Waals surface area contributed by atoms with Crippen LogP contribution >= 0.6 is 0 Å². The third-order valence-corrected chi connectivity index (χ3v) is 4.62. The summed E-state index contributed by atoms with van der Waals surface area (Å²) in [6, 6.07) is 5.50. The van der Waals surface area contributed by atoms with Crippen LogP contribution in [0.4, 0.5) is 5.69 Å². The van der Waals surface area contributed by atoms with Crippen LogP contribution in [-0.2, 0) is 4.79 Å². The summed E-state index contributed by atoms with van der Waals surface area (Å²) in [5, 5.41) is 13.2. The maximum absolute atomic E-state index is 11.4. The van der Waals surface area contributed by atoms with E-state index in [-0.39, 0.29) is 12.5 Å². The molecule has 0 aliphatic carbocycles. The highest BCUT2D eigenvalue weighted by Crippen LogP contribution is 2.31. The van der Waals surface area contributed by atoms with Crippen molar-refractivity contribution in [2.45, 2.75) is 32.3 Å². The fourth-order valence-electron chi connectivity index (χ4n) is 3.07. The molecule has 0 radical (unpaired) electrons. The van der Waals surface area contributed by atoms with E-state index in [9.17, 15) is 9.90 Å². The third-order valence-electron chi connectivity index (χ3n) is 4.62. The number of hydrogen-bond donors (Lipinski definition) is 2. The normalized spacial score (nSPS) is 20.9. The molecule has 0 aromatic heterocycles. The quantitative estimate of drug-likeness (QED) is 0.895. The minimum absolute atomic E-state index is 0.0578. The van der Waals surface area contributed by atoms with Gasteiger partial charge in [-0.1, -0.05) is 13.0 Å². The molecular formula is C17H24N2O3. The van der Waals surface area contributed by atoms with Gasteiger partial charge in [-0.05, 0) is 56.0 Å². The second-order valence-corrected chi connectivity index (χ2v) is 6.42. The SMILES string of the molecule is CC1CCN(CCC(O)c2ccc3c(c2)NC(=O)CO3)CC1. The Bertz CT molecular complexity index is 539. The van der Waals surface area contributed by atoms with Gasteiger partial charge in [0.2, 0.25) is 0 Å². The molecule has 1 amide bonds. The van der Waals surface area contributed by atoms with Crippen molar-refractivity contribution in [2.75, 3.05) is 31.6 Å². The molecule has 5 nitrogen and oxygen atoms in total. The van der Waals surface area contributed by atoms with Gasteiger partial charge < -0.3 is 20.1 Å². The molecule has 2 N–H and O–H groups in total. The van der Waals surface area contributed by atoms with Gasteiger partial charge in [0.25, 0.3) is 5.91 Å². The van der Waals surface area contributed by atoms with Crippen LogP contribution in [0.1, 0.15) is 37.9 Å². The van der Waals surface area contributed by atoms with Crippen LogP contribution in [0.15, 0.2) is 18.2 Å². The number of benzene rings is 1. The molecule has 1 fully saturated rings. The van der Waals surface area contributed by atoms with Crippen LogP contribution in [0.2, 0.25) is 0 Å². The number of carbonyl (C=O) groups excluding carboxylic acids is 1. The lowest BCUT2D eigenvalue weighted by atomic mass is 9.98. The first-order valence-corrected chi connectivity index (χ1v) is 8.09. The topological polar surface area (TPSA) is 61.8 Å². The molecule has 22 heavy (non-hydrogen) atoms. The van der Waals surface area contributed by atoms with Crippen molar-refractivity contribution < 1.29 is 14.6 Å². The van der Waals surface area contributed by atoms with E-state index in [1.165, 1.54) is 12.8 Å². The van der Waals surface area contributed by atoms with Crippen molar-refractivity contribution in [3.8, 4) is 5.75 Å². The third kappa shape index (κ3) is 3.59. The maximum Gasteiger partial charge on any atom is 0.262 e. The largest absolute Gasteiger partial charge is 0.482 e. The van der Waals surface area contributed by atoms with Crippen molar-refractivity contribution in [2.24, 2.45) is 5.92 Å². The van der Waals surface area contributed by atoms with Gasteiger partial charge in [-0.25, -0.2) is 0 Å². The van der Waals surface area contributed by atoms with Crippen LogP contribution in [-0.4, -0.2) is 42.2 Å². The van der Waals surface area contributed by atoms with Gasteiger partial charge in [-0.3, -0.25) is 4.79 Å². The van der Waals surface area contributed by atoms with E-state index in [0.717, 1.165) is 31.1 Å². The highest BCUT2D eigenvalue weighted by Gasteiger charge is 2.20. The molecule has 120 valence electrons. The fourth-order valence-corrected chi connectivity index (χ4v) is 3.07. The average Bonchev–Trinajstić information content (AvgIpc) is 2.53. The summed E-state index contributed by atoms with van der Waals surface area (Å²) in [5.74, 6) is 1.34. The van der Waals surface area contributed by atoms with Gasteiger partial charge in [0, 0.05) is 6.54 Å².